The van der Waals surface area contributed by atoms with Gasteiger partial charge in [-0.2, -0.15) is 0 Å². The number of nitrogens with zero attached hydrogens (tertiary/aromatic N) is 9. The third-order valence-electron chi connectivity index (χ3n) is 8.06. The first kappa shape index (κ1) is 38.6. The predicted octanol–water partition coefficient (Wildman–Crippen LogP) is 3.62. The molecule has 17 heteroatoms. The van der Waals surface area contributed by atoms with Crippen LogP contribution in [0.5, 0.6) is 0 Å². The number of nitro groups is 1. The van der Waals surface area contributed by atoms with E-state index in [2.05, 4.69) is 55.3 Å². The third-order valence-corrected chi connectivity index (χ3v) is 8.06. The molecule has 0 saturated carbocycles. The van der Waals surface area contributed by atoms with Crippen LogP contribution in [-0.2, 0) is 45.7 Å². The van der Waals surface area contributed by atoms with Gasteiger partial charge in [-0.05, 0) is 64.9 Å². The number of amides is 1. The number of fused-ring (bicyclic) bond motifs is 1. The number of aliphatic hydroxyl groups excluding tert-OH is 1. The number of benzene rings is 1. The second kappa shape index (κ2) is 19.3. The molecule has 53 heavy (non-hydrogen) atoms. The van der Waals surface area contributed by atoms with Gasteiger partial charge in [-0.15, -0.1) is 0 Å². The van der Waals surface area contributed by atoms with Crippen molar-refractivity contribution in [2.75, 3.05) is 31.5 Å². The average Bonchev–Trinajstić information content (AvgIpc) is 3.65. The van der Waals surface area contributed by atoms with Crippen LogP contribution in [0.3, 0.4) is 0 Å². The molecule has 0 bridgehead atoms. The summed E-state index contributed by atoms with van der Waals surface area (Å²) in [6.45, 7) is 3.32. The number of non-ortho nitro benzene ring substituents is 1. The molecule has 1 unspecified atom stereocenters. The van der Waals surface area contributed by atoms with E-state index in [1.807, 2.05) is 54.6 Å². The second-order valence-corrected chi connectivity index (χ2v) is 12.0. The molecular weight excluding hydrogens is 732 g/mol. The molecule has 5 aromatic heterocycles. The predicted molar refractivity (Wildman–Crippen MR) is 190 cm³/mol. The minimum Gasteiger partial charge on any atom is -0.390 e. The fourth-order valence-corrected chi connectivity index (χ4v) is 5.69. The standard InChI is InChI=1S/C36H37N11O5.Zn/c48-31(24-45(20-27-7-1-4-14-37-27)21-28-8-2-5-15-38-28)25-46(22-29-9-3-6-16-39-29)23-30-11-10-26(19-42-30)36(49)41-18-17-40-32-12-13-33(47(50)51)35-34(32)43-52-44-35;/h1-16,19,31,40,48H,17-18,20-25H2,(H,41,49);/q;+2. The van der Waals surface area contributed by atoms with Gasteiger partial charge in [-0.1, -0.05) is 18.2 Å². The number of aromatic nitrogens is 6. The molecule has 6 rings (SSSR count). The van der Waals surface area contributed by atoms with Gasteiger partial charge in [0.25, 0.3) is 5.91 Å². The number of pyridine rings is 4. The van der Waals surface area contributed by atoms with Gasteiger partial charge in [-0.3, -0.25) is 44.6 Å². The number of nitro benzene ring substituents is 1. The summed E-state index contributed by atoms with van der Waals surface area (Å²) in [5.74, 6) is -0.306. The molecule has 5 heterocycles. The van der Waals surface area contributed by atoms with Crippen LogP contribution in [0.25, 0.3) is 11.0 Å². The normalized spacial score (nSPS) is 11.7. The van der Waals surface area contributed by atoms with Crippen molar-refractivity contribution in [3.8, 4) is 0 Å². The van der Waals surface area contributed by atoms with Gasteiger partial charge < -0.3 is 15.7 Å². The van der Waals surface area contributed by atoms with Crippen LogP contribution in [0.15, 0.2) is 108 Å². The molecule has 6 aromatic rings. The van der Waals surface area contributed by atoms with Crippen LogP contribution < -0.4 is 10.6 Å². The number of carbonyl (C=O) groups is 1. The quantitative estimate of drug-likeness (QED) is 0.0495. The van der Waals surface area contributed by atoms with Gasteiger partial charge in [-0.25, -0.2) is 4.63 Å². The van der Waals surface area contributed by atoms with Crippen molar-refractivity contribution in [2.45, 2.75) is 32.3 Å². The third kappa shape index (κ3) is 11.2. The van der Waals surface area contributed by atoms with Gasteiger partial charge in [0.2, 0.25) is 5.52 Å². The number of carbonyl (C=O) groups excluding carboxylic acids is 1. The molecule has 0 aliphatic carbocycles. The minimum atomic E-state index is -0.711. The molecule has 1 aromatic carbocycles. The summed E-state index contributed by atoms with van der Waals surface area (Å²) < 4.78 is 4.69. The van der Waals surface area contributed by atoms with Gasteiger partial charge in [0.15, 0.2) is 5.52 Å². The molecule has 0 aliphatic heterocycles. The van der Waals surface area contributed by atoms with Crippen LogP contribution in [0.2, 0.25) is 0 Å². The maximum atomic E-state index is 12.9. The molecule has 16 nitrogen and oxygen atoms in total. The number of hydrogen-bond donors (Lipinski definition) is 3. The molecule has 0 spiro atoms. The molecule has 266 valence electrons. The zero-order chi connectivity index (χ0) is 36.1. The summed E-state index contributed by atoms with van der Waals surface area (Å²) in [6.07, 6.45) is 6.08. The Kier molecular flexibility index (Phi) is 14.1. The van der Waals surface area contributed by atoms with Crippen LogP contribution in [0, 0.1) is 10.1 Å². The Morgan fingerprint density at radius 3 is 1.77 bits per heavy atom. The van der Waals surface area contributed by atoms with E-state index in [9.17, 15) is 20.0 Å². The number of aliphatic hydroxyl groups is 1. The summed E-state index contributed by atoms with van der Waals surface area (Å²) >= 11 is 0. The van der Waals surface area contributed by atoms with E-state index in [1.54, 1.807) is 30.7 Å². The number of anilines is 1. The fourth-order valence-electron chi connectivity index (χ4n) is 5.69. The molecule has 1 atom stereocenters. The summed E-state index contributed by atoms with van der Waals surface area (Å²) in [5, 5.41) is 35.9. The zero-order valence-electron chi connectivity index (χ0n) is 28.9. The van der Waals surface area contributed by atoms with Crippen molar-refractivity contribution >= 4 is 28.3 Å². The number of hydrogen-bond acceptors (Lipinski definition) is 14. The number of nitrogens with one attached hydrogen (secondary N) is 2. The number of rotatable bonds is 18. The monoisotopic (exact) mass is 767 g/mol. The van der Waals surface area contributed by atoms with Gasteiger partial charge in [0.1, 0.15) is 0 Å². The van der Waals surface area contributed by atoms with Gasteiger partial charge >= 0.3 is 25.2 Å². The van der Waals surface area contributed by atoms with Crippen LogP contribution in [0.4, 0.5) is 11.4 Å². The van der Waals surface area contributed by atoms with E-state index in [0.29, 0.717) is 57.1 Å². The Bertz CT molecular complexity index is 2000. The van der Waals surface area contributed by atoms with Crippen molar-refractivity contribution in [3.63, 3.8) is 0 Å². The summed E-state index contributed by atoms with van der Waals surface area (Å²) in [6, 6.07) is 23.7. The van der Waals surface area contributed by atoms with Crippen LogP contribution >= 0.6 is 0 Å². The largest absolute Gasteiger partial charge is 2.00 e. The van der Waals surface area contributed by atoms with Crippen molar-refractivity contribution in [1.82, 2.24) is 45.4 Å². The van der Waals surface area contributed by atoms with E-state index in [1.165, 1.54) is 18.3 Å². The van der Waals surface area contributed by atoms with Crippen molar-refractivity contribution in [1.29, 1.82) is 0 Å². The first-order valence-corrected chi connectivity index (χ1v) is 16.6. The maximum Gasteiger partial charge on any atom is 2.00 e. The molecule has 1 amide bonds. The molecule has 0 aliphatic rings. The Labute approximate surface area is 317 Å². The molecular formula is C36H37N11O5Zn+2. The molecule has 3 N–H and O–H groups in total. The van der Waals surface area contributed by atoms with E-state index in [-0.39, 0.29) is 48.7 Å². The first-order chi connectivity index (χ1) is 25.4. The molecule has 0 radical (unpaired) electrons. The Balaban J connectivity index is 0.00000541. The van der Waals surface area contributed by atoms with E-state index in [4.69, 9.17) is 0 Å². The first-order valence-electron chi connectivity index (χ1n) is 16.6. The minimum absolute atomic E-state index is 0. The molecule has 0 saturated heterocycles. The van der Waals surface area contributed by atoms with E-state index in [0.717, 1.165) is 22.8 Å². The Hall–Kier alpha value is -5.61. The van der Waals surface area contributed by atoms with Crippen molar-refractivity contribution in [2.24, 2.45) is 0 Å². The summed E-state index contributed by atoms with van der Waals surface area (Å²) in [4.78, 5) is 45.8. The summed E-state index contributed by atoms with van der Waals surface area (Å²) in [7, 11) is 0. The maximum absolute atomic E-state index is 12.9. The smallest absolute Gasteiger partial charge is 0.390 e. The van der Waals surface area contributed by atoms with Crippen molar-refractivity contribution < 1.29 is 38.9 Å². The van der Waals surface area contributed by atoms with E-state index >= 15 is 0 Å². The van der Waals surface area contributed by atoms with Gasteiger partial charge in [0.05, 0.1) is 45.1 Å². The SMILES string of the molecule is O=C(NCCNc1ccc([N+](=O)[O-])c2nonc12)c1ccc(CN(Cc2ccccn2)CC(O)CN(Cc2ccccn2)Cc2ccccn2)nc1.[Zn+2]. The Morgan fingerprint density at radius 2 is 1.28 bits per heavy atom. The van der Waals surface area contributed by atoms with Crippen molar-refractivity contribution in [3.05, 3.63) is 142 Å². The van der Waals surface area contributed by atoms with Crippen LogP contribution in [-0.4, -0.2) is 88.3 Å². The Morgan fingerprint density at radius 1 is 0.736 bits per heavy atom. The summed E-state index contributed by atoms with van der Waals surface area (Å²) in [5.41, 5.74) is 4.33. The fraction of sp³-hybridized carbons (Fsp3) is 0.250. The zero-order valence-corrected chi connectivity index (χ0v) is 31.8. The topological polar surface area (TPSA) is 201 Å². The van der Waals surface area contributed by atoms with E-state index < -0.39 is 11.0 Å². The molecule has 0 fully saturated rings. The van der Waals surface area contributed by atoms with Gasteiger partial charge in [0, 0.05) is 83.2 Å². The average molecular weight is 769 g/mol. The second-order valence-electron chi connectivity index (χ2n) is 12.0. The van der Waals surface area contributed by atoms with Crippen LogP contribution in [0.1, 0.15) is 33.1 Å².